The van der Waals surface area contributed by atoms with Crippen molar-refractivity contribution >= 4 is 29.2 Å². The molecule has 2 aromatic rings. The van der Waals surface area contributed by atoms with E-state index in [2.05, 4.69) is 10.6 Å². The average Bonchev–Trinajstić information content (AvgIpc) is 3.23. The van der Waals surface area contributed by atoms with Crippen molar-refractivity contribution in [3.8, 4) is 0 Å². The van der Waals surface area contributed by atoms with E-state index in [1.54, 1.807) is 6.92 Å². The Morgan fingerprint density at radius 2 is 1.96 bits per heavy atom. The number of carbonyl (C=O) groups excluding carboxylic acids is 3. The molecule has 0 unspecified atom stereocenters. The van der Waals surface area contributed by atoms with Crippen LogP contribution in [0.5, 0.6) is 0 Å². The molecule has 3 rings (SSSR count). The van der Waals surface area contributed by atoms with Crippen LogP contribution in [0.1, 0.15) is 23.8 Å². The monoisotopic (exact) mass is 371 g/mol. The van der Waals surface area contributed by atoms with Gasteiger partial charge in [0.25, 0.3) is 5.91 Å². The Bertz CT molecular complexity index is 792. The second kappa shape index (κ2) is 7.70. The number of hydrogen-bond donors (Lipinski definition) is 2. The van der Waals surface area contributed by atoms with Gasteiger partial charge < -0.3 is 10.6 Å². The molecule has 0 bridgehead atoms. The summed E-state index contributed by atoms with van der Waals surface area (Å²) in [5.41, 5.74) is 0.115. The van der Waals surface area contributed by atoms with Gasteiger partial charge in [-0.25, -0.2) is 4.79 Å². The number of thiophene rings is 1. The largest absolute Gasteiger partial charge is 0.350 e. The summed E-state index contributed by atoms with van der Waals surface area (Å²) < 4.78 is 0. The van der Waals surface area contributed by atoms with Crippen molar-refractivity contribution in [2.45, 2.75) is 31.8 Å². The molecule has 1 fully saturated rings. The molecule has 1 aromatic heterocycles. The van der Waals surface area contributed by atoms with Crippen LogP contribution in [0.25, 0.3) is 0 Å². The third-order valence-electron chi connectivity index (χ3n) is 4.44. The predicted molar refractivity (Wildman–Crippen MR) is 99.6 cm³/mol. The van der Waals surface area contributed by atoms with E-state index in [4.69, 9.17) is 0 Å². The summed E-state index contributed by atoms with van der Waals surface area (Å²) in [6.07, 6.45) is 1.15. The molecule has 1 saturated heterocycles. The maximum absolute atomic E-state index is 12.7. The third kappa shape index (κ3) is 4.11. The van der Waals surface area contributed by atoms with Gasteiger partial charge in [-0.05, 0) is 36.8 Å². The van der Waals surface area contributed by atoms with Crippen LogP contribution in [0.4, 0.5) is 4.79 Å². The zero-order valence-corrected chi connectivity index (χ0v) is 15.3. The quantitative estimate of drug-likeness (QED) is 0.733. The smallest absolute Gasteiger partial charge is 0.325 e. The Kier molecular flexibility index (Phi) is 5.37. The van der Waals surface area contributed by atoms with Gasteiger partial charge in [0.1, 0.15) is 12.1 Å². The number of hydrogen-bond acceptors (Lipinski definition) is 4. The van der Waals surface area contributed by atoms with E-state index < -0.39 is 11.6 Å². The molecule has 0 radical (unpaired) electrons. The van der Waals surface area contributed by atoms with Crippen LogP contribution < -0.4 is 10.6 Å². The SMILES string of the molecule is C[C@]1(CCc2ccccc2)NC(=O)N(CC(=O)NCc2cccs2)C1=O. The van der Waals surface area contributed by atoms with Gasteiger partial charge in [0, 0.05) is 4.88 Å². The van der Waals surface area contributed by atoms with Crippen molar-refractivity contribution < 1.29 is 14.4 Å². The van der Waals surface area contributed by atoms with Gasteiger partial charge in [-0.1, -0.05) is 36.4 Å². The highest BCUT2D eigenvalue weighted by Gasteiger charge is 2.47. The van der Waals surface area contributed by atoms with E-state index in [0.717, 1.165) is 15.3 Å². The molecule has 136 valence electrons. The maximum Gasteiger partial charge on any atom is 0.325 e. The first kappa shape index (κ1) is 18.1. The molecular weight excluding hydrogens is 350 g/mol. The fraction of sp³-hybridized carbons (Fsp3) is 0.316. The van der Waals surface area contributed by atoms with E-state index in [0.29, 0.717) is 19.4 Å². The van der Waals surface area contributed by atoms with Gasteiger partial charge in [0.2, 0.25) is 5.91 Å². The summed E-state index contributed by atoms with van der Waals surface area (Å²) in [7, 11) is 0. The van der Waals surface area contributed by atoms with Crippen LogP contribution >= 0.6 is 11.3 Å². The second-order valence-electron chi connectivity index (χ2n) is 6.50. The first-order valence-corrected chi connectivity index (χ1v) is 9.33. The maximum atomic E-state index is 12.7. The van der Waals surface area contributed by atoms with E-state index in [1.165, 1.54) is 11.3 Å². The van der Waals surface area contributed by atoms with Gasteiger partial charge >= 0.3 is 6.03 Å². The summed E-state index contributed by atoms with van der Waals surface area (Å²) in [6, 6.07) is 13.1. The first-order chi connectivity index (χ1) is 12.5. The summed E-state index contributed by atoms with van der Waals surface area (Å²) in [4.78, 5) is 39.0. The Labute approximate surface area is 156 Å². The zero-order chi connectivity index (χ0) is 18.6. The van der Waals surface area contributed by atoms with Crippen molar-refractivity contribution in [2.24, 2.45) is 0 Å². The molecule has 0 spiro atoms. The summed E-state index contributed by atoms with van der Waals surface area (Å²) >= 11 is 1.54. The highest BCUT2D eigenvalue weighted by atomic mass is 32.1. The second-order valence-corrected chi connectivity index (χ2v) is 7.53. The van der Waals surface area contributed by atoms with Gasteiger partial charge in [-0.15, -0.1) is 11.3 Å². The minimum absolute atomic E-state index is 0.267. The predicted octanol–water partition coefficient (Wildman–Crippen LogP) is 2.31. The van der Waals surface area contributed by atoms with E-state index in [9.17, 15) is 14.4 Å². The van der Waals surface area contributed by atoms with Gasteiger partial charge in [-0.2, -0.15) is 0 Å². The van der Waals surface area contributed by atoms with Crippen molar-refractivity contribution in [2.75, 3.05) is 6.54 Å². The van der Waals surface area contributed by atoms with Crippen LogP contribution in [-0.4, -0.2) is 34.8 Å². The number of carbonyl (C=O) groups is 3. The van der Waals surface area contributed by atoms with E-state index in [-0.39, 0.29) is 18.4 Å². The molecular formula is C19H21N3O3S. The standard InChI is InChI=1S/C19H21N3O3S/c1-19(10-9-14-6-3-2-4-7-14)17(24)22(18(25)21-19)13-16(23)20-12-15-8-5-11-26-15/h2-8,11H,9-10,12-13H2,1H3,(H,20,23)(H,21,25)/t19-/m1/s1. The van der Waals surface area contributed by atoms with Gasteiger partial charge in [0.15, 0.2) is 0 Å². The molecule has 0 saturated carbocycles. The van der Waals surface area contributed by atoms with Crippen LogP contribution in [-0.2, 0) is 22.6 Å². The van der Waals surface area contributed by atoms with Crippen LogP contribution in [0.3, 0.4) is 0 Å². The van der Waals surface area contributed by atoms with Gasteiger partial charge in [0.05, 0.1) is 6.54 Å². The van der Waals surface area contributed by atoms with Crippen LogP contribution in [0, 0.1) is 0 Å². The topological polar surface area (TPSA) is 78.5 Å². The molecule has 2 N–H and O–H groups in total. The Morgan fingerprint density at radius 1 is 1.19 bits per heavy atom. The third-order valence-corrected chi connectivity index (χ3v) is 5.32. The minimum atomic E-state index is -0.985. The molecule has 26 heavy (non-hydrogen) atoms. The average molecular weight is 371 g/mol. The van der Waals surface area contributed by atoms with Crippen molar-refractivity contribution in [1.29, 1.82) is 0 Å². The fourth-order valence-electron chi connectivity index (χ4n) is 2.90. The molecule has 1 aromatic carbocycles. The highest BCUT2D eigenvalue weighted by molar-refractivity contribution is 7.09. The van der Waals surface area contributed by atoms with Crippen molar-refractivity contribution in [3.05, 3.63) is 58.3 Å². The number of nitrogens with one attached hydrogen (secondary N) is 2. The van der Waals surface area contributed by atoms with Crippen LogP contribution in [0.15, 0.2) is 47.8 Å². The van der Waals surface area contributed by atoms with Crippen molar-refractivity contribution in [3.63, 3.8) is 0 Å². The lowest BCUT2D eigenvalue weighted by atomic mass is 9.93. The van der Waals surface area contributed by atoms with Gasteiger partial charge in [-0.3, -0.25) is 14.5 Å². The zero-order valence-electron chi connectivity index (χ0n) is 14.5. The number of urea groups is 1. The molecule has 4 amide bonds. The number of nitrogens with zero attached hydrogens (tertiary/aromatic N) is 1. The van der Waals surface area contributed by atoms with Crippen LogP contribution in [0.2, 0.25) is 0 Å². The Balaban J connectivity index is 1.56. The summed E-state index contributed by atoms with van der Waals surface area (Å²) in [5.74, 6) is -0.709. The normalized spacial score (nSPS) is 19.5. The molecule has 0 aliphatic carbocycles. The minimum Gasteiger partial charge on any atom is -0.350 e. The Hall–Kier alpha value is -2.67. The highest BCUT2D eigenvalue weighted by Crippen LogP contribution is 2.23. The summed E-state index contributed by atoms with van der Waals surface area (Å²) in [5, 5.41) is 7.40. The van der Waals surface area contributed by atoms with E-state index >= 15 is 0 Å². The lowest BCUT2D eigenvalue weighted by Crippen LogP contribution is -2.45. The number of rotatable bonds is 7. The fourth-order valence-corrected chi connectivity index (χ4v) is 3.54. The summed E-state index contributed by atoms with van der Waals surface area (Å²) in [6.45, 7) is 1.84. The lowest BCUT2D eigenvalue weighted by Gasteiger charge is -2.21. The number of aryl methyl sites for hydroxylation is 1. The molecule has 7 heteroatoms. The molecule has 6 nitrogen and oxygen atoms in total. The number of benzene rings is 1. The molecule has 2 heterocycles. The lowest BCUT2D eigenvalue weighted by molar-refractivity contribution is -0.134. The number of amides is 4. The number of imide groups is 1. The van der Waals surface area contributed by atoms with Crippen molar-refractivity contribution in [1.82, 2.24) is 15.5 Å². The van der Waals surface area contributed by atoms with E-state index in [1.807, 2.05) is 47.8 Å². The molecule has 1 aliphatic heterocycles. The molecule has 1 aliphatic rings. The first-order valence-electron chi connectivity index (χ1n) is 8.45. The Morgan fingerprint density at radius 3 is 2.65 bits per heavy atom. The molecule has 1 atom stereocenters.